The van der Waals surface area contributed by atoms with Gasteiger partial charge in [-0.3, -0.25) is 4.79 Å². The predicted molar refractivity (Wildman–Crippen MR) is 77.9 cm³/mol. The van der Waals surface area contributed by atoms with Gasteiger partial charge in [0.15, 0.2) is 0 Å². The molecule has 112 valence electrons. The normalized spacial score (nSPS) is 19.0. The first kappa shape index (κ1) is 15.4. The van der Waals surface area contributed by atoms with Crippen LogP contribution in [0.25, 0.3) is 0 Å². The van der Waals surface area contributed by atoms with Gasteiger partial charge in [-0.1, -0.05) is 6.07 Å². The molecule has 1 amide bonds. The molecule has 0 saturated carbocycles. The second-order valence-electron chi connectivity index (χ2n) is 4.94. The van der Waals surface area contributed by atoms with Crippen molar-refractivity contribution in [3.8, 4) is 0 Å². The summed E-state index contributed by atoms with van der Waals surface area (Å²) in [6, 6.07) is 2.67. The third kappa shape index (κ3) is 3.57. The number of hydrogen-bond donors (Lipinski definition) is 2. The van der Waals surface area contributed by atoms with Crippen LogP contribution in [-0.4, -0.2) is 44.4 Å². The van der Waals surface area contributed by atoms with Crippen molar-refractivity contribution in [3.05, 3.63) is 17.5 Å². The Morgan fingerprint density at radius 3 is 2.65 bits per heavy atom. The highest BCUT2D eigenvalue weighted by atomic mass is 32.2. The molecular weight excluding hydrogens is 298 g/mol. The fraction of sp³-hybridized carbons (Fsp3) is 0.583. The zero-order valence-corrected chi connectivity index (χ0v) is 12.9. The molecule has 0 radical (unpaired) electrons. The van der Waals surface area contributed by atoms with Crippen LogP contribution in [0.5, 0.6) is 0 Å². The molecule has 0 bridgehead atoms. The van der Waals surface area contributed by atoms with Crippen molar-refractivity contribution in [1.82, 2.24) is 9.62 Å². The number of carbonyl (C=O) groups excluding carboxylic acids is 1. The molecule has 6 nitrogen and oxygen atoms in total. The predicted octanol–water partition coefficient (Wildman–Crippen LogP) is 0.365. The maximum atomic E-state index is 12.1. The molecule has 3 N–H and O–H groups in total. The highest BCUT2D eigenvalue weighted by Gasteiger charge is 2.27. The fourth-order valence-corrected chi connectivity index (χ4v) is 4.51. The number of nitrogens with two attached hydrogens (primary N) is 1. The number of rotatable bonds is 4. The average Bonchev–Trinajstić information content (AvgIpc) is 2.93. The van der Waals surface area contributed by atoms with Crippen molar-refractivity contribution in [2.45, 2.75) is 36.1 Å². The van der Waals surface area contributed by atoms with E-state index in [4.69, 9.17) is 5.73 Å². The van der Waals surface area contributed by atoms with E-state index >= 15 is 0 Å². The number of nitrogens with zero attached hydrogens (tertiary/aromatic N) is 1. The second-order valence-corrected chi connectivity index (χ2v) is 7.83. The SMILES string of the molecule is C[C@H](N)C(=O)N1CCC(NS(=O)(=O)c2cccs2)CC1. The Morgan fingerprint density at radius 2 is 2.15 bits per heavy atom. The van der Waals surface area contributed by atoms with E-state index in [0.717, 1.165) is 0 Å². The van der Waals surface area contributed by atoms with Gasteiger partial charge in [-0.25, -0.2) is 13.1 Å². The summed E-state index contributed by atoms with van der Waals surface area (Å²) >= 11 is 1.20. The van der Waals surface area contributed by atoms with Gasteiger partial charge in [-0.15, -0.1) is 11.3 Å². The summed E-state index contributed by atoms with van der Waals surface area (Å²) < 4.78 is 27.2. The van der Waals surface area contributed by atoms with E-state index in [9.17, 15) is 13.2 Å². The van der Waals surface area contributed by atoms with Gasteiger partial charge in [0.2, 0.25) is 15.9 Å². The number of likely N-dealkylation sites (tertiary alicyclic amines) is 1. The molecule has 8 heteroatoms. The summed E-state index contributed by atoms with van der Waals surface area (Å²) in [5.41, 5.74) is 5.57. The molecule has 0 spiro atoms. The van der Waals surface area contributed by atoms with E-state index in [1.54, 1.807) is 29.3 Å². The summed E-state index contributed by atoms with van der Waals surface area (Å²) in [4.78, 5) is 13.4. The molecule has 1 aromatic rings. The third-order valence-corrected chi connectivity index (χ3v) is 6.20. The van der Waals surface area contributed by atoms with Crippen LogP contribution >= 0.6 is 11.3 Å². The molecule has 2 heterocycles. The highest BCUT2D eigenvalue weighted by molar-refractivity contribution is 7.91. The van der Waals surface area contributed by atoms with Crippen molar-refractivity contribution >= 4 is 27.3 Å². The van der Waals surface area contributed by atoms with Crippen LogP contribution in [0, 0.1) is 0 Å². The Labute approximate surface area is 123 Å². The lowest BCUT2D eigenvalue weighted by Gasteiger charge is -2.33. The van der Waals surface area contributed by atoms with Crippen molar-refractivity contribution in [2.75, 3.05) is 13.1 Å². The van der Waals surface area contributed by atoms with Gasteiger partial charge in [0, 0.05) is 19.1 Å². The second kappa shape index (κ2) is 6.21. The molecule has 1 atom stereocenters. The highest BCUT2D eigenvalue weighted by Crippen LogP contribution is 2.18. The van der Waals surface area contributed by atoms with Gasteiger partial charge in [-0.2, -0.15) is 0 Å². The Morgan fingerprint density at radius 1 is 1.50 bits per heavy atom. The zero-order valence-electron chi connectivity index (χ0n) is 11.3. The molecule has 0 unspecified atom stereocenters. The molecule has 0 aromatic carbocycles. The summed E-state index contributed by atoms with van der Waals surface area (Å²) in [6.07, 6.45) is 1.23. The van der Waals surface area contributed by atoms with E-state index < -0.39 is 16.1 Å². The van der Waals surface area contributed by atoms with Crippen molar-refractivity contribution in [1.29, 1.82) is 0 Å². The monoisotopic (exact) mass is 317 g/mol. The Kier molecular flexibility index (Phi) is 4.79. The van der Waals surface area contributed by atoms with E-state index in [1.165, 1.54) is 11.3 Å². The maximum Gasteiger partial charge on any atom is 0.250 e. The lowest BCUT2D eigenvalue weighted by Crippen LogP contribution is -2.50. The smallest absolute Gasteiger partial charge is 0.250 e. The van der Waals surface area contributed by atoms with Gasteiger partial charge < -0.3 is 10.6 Å². The largest absolute Gasteiger partial charge is 0.341 e. The number of amides is 1. The topological polar surface area (TPSA) is 92.5 Å². The summed E-state index contributed by atoms with van der Waals surface area (Å²) in [5, 5.41) is 1.73. The van der Waals surface area contributed by atoms with Crippen LogP contribution in [0.15, 0.2) is 21.7 Å². The van der Waals surface area contributed by atoms with Crippen LogP contribution in [0.3, 0.4) is 0 Å². The minimum Gasteiger partial charge on any atom is -0.341 e. The zero-order chi connectivity index (χ0) is 14.8. The van der Waals surface area contributed by atoms with E-state index in [2.05, 4.69) is 4.72 Å². The van der Waals surface area contributed by atoms with Crippen molar-refractivity contribution < 1.29 is 13.2 Å². The van der Waals surface area contributed by atoms with E-state index in [1.807, 2.05) is 0 Å². The minimum atomic E-state index is -3.43. The van der Waals surface area contributed by atoms with E-state index in [-0.39, 0.29) is 11.9 Å². The van der Waals surface area contributed by atoms with Gasteiger partial charge in [0.25, 0.3) is 0 Å². The number of carbonyl (C=O) groups is 1. The van der Waals surface area contributed by atoms with Crippen LogP contribution < -0.4 is 10.5 Å². The fourth-order valence-electron chi connectivity index (χ4n) is 2.20. The molecule has 1 aliphatic heterocycles. The molecule has 1 fully saturated rings. The minimum absolute atomic E-state index is 0.0791. The number of piperidine rings is 1. The first-order valence-corrected chi connectivity index (χ1v) is 8.86. The molecular formula is C12H19N3O3S2. The summed E-state index contributed by atoms with van der Waals surface area (Å²) in [5.74, 6) is -0.0791. The van der Waals surface area contributed by atoms with Gasteiger partial charge in [0.1, 0.15) is 4.21 Å². The Hall–Kier alpha value is -0.960. The van der Waals surface area contributed by atoms with Crippen LogP contribution in [0.4, 0.5) is 0 Å². The molecule has 1 saturated heterocycles. The first-order valence-electron chi connectivity index (χ1n) is 6.50. The molecule has 0 aliphatic carbocycles. The van der Waals surface area contributed by atoms with Crippen LogP contribution in [-0.2, 0) is 14.8 Å². The first-order chi connectivity index (χ1) is 9.40. The van der Waals surface area contributed by atoms with Gasteiger partial charge in [0.05, 0.1) is 6.04 Å². The van der Waals surface area contributed by atoms with Crippen molar-refractivity contribution in [3.63, 3.8) is 0 Å². The van der Waals surface area contributed by atoms with Gasteiger partial charge >= 0.3 is 0 Å². The summed E-state index contributed by atoms with van der Waals surface area (Å²) in [6.45, 7) is 2.74. The molecule has 1 aliphatic rings. The quantitative estimate of drug-likeness (QED) is 0.839. The number of nitrogens with one attached hydrogen (secondary N) is 1. The standard InChI is InChI=1S/C12H19N3O3S2/c1-9(13)12(16)15-6-4-10(5-7-15)14-20(17,18)11-3-2-8-19-11/h2-3,8-10,14H,4-7,13H2,1H3/t9-/m0/s1. The Bertz CT molecular complexity index is 547. The number of thiophene rings is 1. The van der Waals surface area contributed by atoms with E-state index in [0.29, 0.717) is 30.1 Å². The lowest BCUT2D eigenvalue weighted by molar-refractivity contribution is -0.133. The van der Waals surface area contributed by atoms with Crippen LogP contribution in [0.1, 0.15) is 19.8 Å². The van der Waals surface area contributed by atoms with Gasteiger partial charge in [-0.05, 0) is 31.2 Å². The Balaban J connectivity index is 1.91. The lowest BCUT2D eigenvalue weighted by atomic mass is 10.1. The van der Waals surface area contributed by atoms with Crippen LogP contribution in [0.2, 0.25) is 0 Å². The average molecular weight is 317 g/mol. The number of hydrogen-bond acceptors (Lipinski definition) is 5. The third-order valence-electron chi connectivity index (χ3n) is 3.28. The molecule has 20 heavy (non-hydrogen) atoms. The van der Waals surface area contributed by atoms with Crippen molar-refractivity contribution in [2.24, 2.45) is 5.73 Å². The number of sulfonamides is 1. The molecule has 1 aromatic heterocycles. The maximum absolute atomic E-state index is 12.1. The summed E-state index contributed by atoms with van der Waals surface area (Å²) in [7, 11) is -3.43. The molecule has 2 rings (SSSR count).